The monoisotopic (exact) mass is 590 g/mol. The lowest BCUT2D eigenvalue weighted by atomic mass is 10.2. The molecule has 0 radical (unpaired) electrons. The average Bonchev–Trinajstić information content (AvgIpc) is 3.44. The molecule has 7 nitrogen and oxygen atoms in total. The van der Waals surface area contributed by atoms with Gasteiger partial charge in [-0.25, -0.2) is 13.4 Å². The van der Waals surface area contributed by atoms with Crippen molar-refractivity contribution in [2.45, 2.75) is 31.8 Å². The normalized spacial score (nSPS) is 11.7. The largest absolute Gasteiger partial charge is 0.278 e. The first-order chi connectivity index (χ1) is 19.3. The van der Waals surface area contributed by atoms with E-state index in [-0.39, 0.29) is 23.9 Å². The van der Waals surface area contributed by atoms with Crippen LogP contribution in [0.5, 0.6) is 0 Å². The van der Waals surface area contributed by atoms with Crippen molar-refractivity contribution in [3.05, 3.63) is 119 Å². The molecule has 0 aliphatic rings. The molecule has 5 rings (SSSR count). The minimum atomic E-state index is -3.77. The van der Waals surface area contributed by atoms with Gasteiger partial charge in [-0.2, -0.15) is 4.31 Å². The van der Waals surface area contributed by atoms with Gasteiger partial charge in [0.15, 0.2) is 5.13 Å². The van der Waals surface area contributed by atoms with Crippen molar-refractivity contribution in [2.75, 3.05) is 11.4 Å². The van der Waals surface area contributed by atoms with E-state index in [1.54, 1.807) is 30.2 Å². The van der Waals surface area contributed by atoms with Crippen LogP contribution in [0.1, 0.15) is 34.1 Å². The van der Waals surface area contributed by atoms with Gasteiger partial charge in [0.1, 0.15) is 0 Å². The van der Waals surface area contributed by atoms with Gasteiger partial charge in [0, 0.05) is 24.8 Å². The molecule has 2 heterocycles. The van der Waals surface area contributed by atoms with Crippen molar-refractivity contribution in [3.63, 3.8) is 0 Å². The van der Waals surface area contributed by atoms with Crippen LogP contribution in [0.2, 0.25) is 5.02 Å². The Kier molecular flexibility index (Phi) is 8.27. The molecule has 3 aromatic carbocycles. The van der Waals surface area contributed by atoms with Gasteiger partial charge < -0.3 is 0 Å². The molecule has 0 atom stereocenters. The first-order valence-corrected chi connectivity index (χ1v) is 15.3. The predicted molar refractivity (Wildman–Crippen MR) is 160 cm³/mol. The van der Waals surface area contributed by atoms with Crippen molar-refractivity contribution in [2.24, 2.45) is 0 Å². The highest BCUT2D eigenvalue weighted by molar-refractivity contribution is 7.89. The Labute approximate surface area is 242 Å². The van der Waals surface area contributed by atoms with Gasteiger partial charge in [0.25, 0.3) is 5.91 Å². The summed E-state index contributed by atoms with van der Waals surface area (Å²) in [5, 5.41) is 1.05. The Morgan fingerprint density at radius 3 is 2.30 bits per heavy atom. The number of sulfonamides is 1. The highest BCUT2D eigenvalue weighted by Gasteiger charge is 2.26. The summed E-state index contributed by atoms with van der Waals surface area (Å²) in [6.07, 6.45) is 1.67. The Bertz CT molecular complexity index is 1700. The van der Waals surface area contributed by atoms with Crippen molar-refractivity contribution < 1.29 is 13.2 Å². The standard InChI is InChI=1S/C30H27ClN4O3S2/c1-3-34(19-22-9-5-4-6-10-22)40(37,38)25-15-13-23(14-16-25)29(36)35(20-24-11-7-8-18-32-24)30-33-27-21(2)12-17-26(31)28(27)39-30/h4-18H,3,19-20H2,1-2H3. The molecule has 5 aromatic rings. The average molecular weight is 591 g/mol. The van der Waals surface area contributed by atoms with E-state index in [9.17, 15) is 13.2 Å². The molecule has 0 bridgehead atoms. The van der Waals surface area contributed by atoms with E-state index in [0.717, 1.165) is 21.3 Å². The Balaban J connectivity index is 1.46. The van der Waals surface area contributed by atoms with Crippen LogP contribution in [0, 0.1) is 6.92 Å². The maximum absolute atomic E-state index is 13.9. The van der Waals surface area contributed by atoms with E-state index >= 15 is 0 Å². The van der Waals surface area contributed by atoms with E-state index in [1.165, 1.54) is 27.8 Å². The number of aryl methyl sites for hydroxylation is 1. The molecule has 0 fully saturated rings. The lowest BCUT2D eigenvalue weighted by Crippen LogP contribution is -2.31. The van der Waals surface area contributed by atoms with Crippen molar-refractivity contribution in [1.29, 1.82) is 0 Å². The Morgan fingerprint density at radius 1 is 0.925 bits per heavy atom. The number of thiazole rings is 1. The molecule has 0 spiro atoms. The number of anilines is 1. The van der Waals surface area contributed by atoms with Crippen LogP contribution in [0.3, 0.4) is 0 Å². The zero-order valence-corrected chi connectivity index (χ0v) is 24.4. The summed E-state index contributed by atoms with van der Waals surface area (Å²) >= 11 is 7.78. The first-order valence-electron chi connectivity index (χ1n) is 12.7. The molecule has 0 aliphatic heterocycles. The van der Waals surface area contributed by atoms with E-state index in [2.05, 4.69) is 4.98 Å². The third-order valence-electron chi connectivity index (χ3n) is 6.50. The number of rotatable bonds is 9. The van der Waals surface area contributed by atoms with Crippen LogP contribution in [0.25, 0.3) is 10.2 Å². The number of aromatic nitrogens is 2. The fourth-order valence-electron chi connectivity index (χ4n) is 4.31. The molecule has 0 saturated heterocycles. The topological polar surface area (TPSA) is 83.5 Å². The molecule has 1 amide bonds. The number of carbonyl (C=O) groups excluding carboxylic acids is 1. The Hall–Kier alpha value is -3.63. The minimum Gasteiger partial charge on any atom is -0.278 e. The lowest BCUT2D eigenvalue weighted by Gasteiger charge is -2.22. The quantitative estimate of drug-likeness (QED) is 0.190. The summed E-state index contributed by atoms with van der Waals surface area (Å²) in [4.78, 5) is 24.7. The van der Waals surface area contributed by atoms with Gasteiger partial charge in [0.2, 0.25) is 10.0 Å². The lowest BCUT2D eigenvalue weighted by molar-refractivity contribution is 0.0984. The van der Waals surface area contributed by atoms with E-state index in [4.69, 9.17) is 16.6 Å². The summed E-state index contributed by atoms with van der Waals surface area (Å²) in [6.45, 7) is 4.52. The Morgan fingerprint density at radius 2 is 1.65 bits per heavy atom. The van der Waals surface area contributed by atoms with Gasteiger partial charge in [-0.05, 0) is 60.5 Å². The van der Waals surface area contributed by atoms with E-state index in [0.29, 0.717) is 28.0 Å². The van der Waals surface area contributed by atoms with Crippen LogP contribution >= 0.6 is 22.9 Å². The number of hydrogen-bond donors (Lipinski definition) is 0. The maximum atomic E-state index is 13.9. The van der Waals surface area contributed by atoms with E-state index < -0.39 is 10.0 Å². The molecule has 2 aromatic heterocycles. The third-order valence-corrected chi connectivity index (χ3v) is 9.98. The minimum absolute atomic E-state index is 0.125. The summed E-state index contributed by atoms with van der Waals surface area (Å²) < 4.78 is 29.0. The molecule has 0 N–H and O–H groups in total. The summed E-state index contributed by atoms with van der Waals surface area (Å²) in [5.74, 6) is -0.320. The van der Waals surface area contributed by atoms with Crippen molar-refractivity contribution >= 4 is 54.2 Å². The fraction of sp³-hybridized carbons (Fsp3) is 0.167. The summed E-state index contributed by atoms with van der Waals surface area (Å²) in [7, 11) is -3.77. The van der Waals surface area contributed by atoms with Crippen LogP contribution in [-0.4, -0.2) is 35.1 Å². The van der Waals surface area contributed by atoms with Gasteiger partial charge in [-0.1, -0.05) is 72.3 Å². The zero-order chi connectivity index (χ0) is 28.3. The maximum Gasteiger partial charge on any atom is 0.260 e. The molecular formula is C30H27ClN4O3S2. The van der Waals surface area contributed by atoms with Crippen molar-refractivity contribution in [1.82, 2.24) is 14.3 Å². The number of pyridine rings is 1. The van der Waals surface area contributed by atoms with E-state index in [1.807, 2.05) is 67.6 Å². The molecule has 40 heavy (non-hydrogen) atoms. The number of fused-ring (bicyclic) bond motifs is 1. The van der Waals surface area contributed by atoms with Crippen molar-refractivity contribution in [3.8, 4) is 0 Å². The number of carbonyl (C=O) groups is 1. The number of amides is 1. The summed E-state index contributed by atoms with van der Waals surface area (Å²) in [5.41, 5.74) is 3.62. The van der Waals surface area contributed by atoms with Gasteiger partial charge in [0.05, 0.1) is 32.4 Å². The van der Waals surface area contributed by atoms with Crippen LogP contribution in [0.4, 0.5) is 5.13 Å². The highest BCUT2D eigenvalue weighted by atomic mass is 35.5. The molecule has 204 valence electrons. The highest BCUT2D eigenvalue weighted by Crippen LogP contribution is 2.36. The third kappa shape index (κ3) is 5.78. The number of hydrogen-bond acceptors (Lipinski definition) is 6. The van der Waals surface area contributed by atoms with Crippen LogP contribution in [0.15, 0.2) is 96.0 Å². The number of halogens is 1. The second kappa shape index (κ2) is 11.9. The van der Waals surface area contributed by atoms with Gasteiger partial charge in [-0.15, -0.1) is 0 Å². The smallest absolute Gasteiger partial charge is 0.260 e. The number of nitrogens with zero attached hydrogens (tertiary/aromatic N) is 4. The number of benzene rings is 3. The van der Waals surface area contributed by atoms with Gasteiger partial charge >= 0.3 is 0 Å². The molecule has 0 aliphatic carbocycles. The van der Waals surface area contributed by atoms with Crippen LogP contribution in [-0.2, 0) is 23.1 Å². The predicted octanol–water partition coefficient (Wildman–Crippen LogP) is 6.71. The molecule has 10 heteroatoms. The molecule has 0 unspecified atom stereocenters. The second-order valence-electron chi connectivity index (χ2n) is 9.19. The van der Waals surface area contributed by atoms with Crippen LogP contribution < -0.4 is 4.90 Å². The summed E-state index contributed by atoms with van der Waals surface area (Å²) in [6, 6.07) is 24.7. The first kappa shape index (κ1) is 27.9. The second-order valence-corrected chi connectivity index (χ2v) is 12.5. The zero-order valence-electron chi connectivity index (χ0n) is 22.0. The SMILES string of the molecule is CCN(Cc1ccccc1)S(=O)(=O)c1ccc(C(=O)N(Cc2ccccn2)c2nc3c(C)ccc(Cl)c3s2)cc1. The fourth-order valence-corrected chi connectivity index (χ4v) is 7.07. The molecular weight excluding hydrogens is 564 g/mol. The molecule has 0 saturated carbocycles. The van der Waals surface area contributed by atoms with Gasteiger partial charge in [-0.3, -0.25) is 14.7 Å².